The van der Waals surface area contributed by atoms with E-state index in [2.05, 4.69) is 5.32 Å². The number of nitrogens with one attached hydrogen (secondary N) is 1. The van der Waals surface area contributed by atoms with Crippen LogP contribution in [0.25, 0.3) is 0 Å². The maximum absolute atomic E-state index is 12.6. The zero-order valence-electron chi connectivity index (χ0n) is 15.1. The number of benzene rings is 2. The molecular formula is C21H26N2O3. The van der Waals surface area contributed by atoms with E-state index in [0.29, 0.717) is 44.0 Å². The van der Waals surface area contributed by atoms with Crippen LogP contribution >= 0.6 is 0 Å². The van der Waals surface area contributed by atoms with Crippen molar-refractivity contribution in [3.05, 3.63) is 60.2 Å². The largest absolute Gasteiger partial charge is 0.487 e. The second-order valence-electron chi connectivity index (χ2n) is 7.04. The molecule has 0 aromatic heterocycles. The maximum Gasteiger partial charge on any atom is 0.321 e. The van der Waals surface area contributed by atoms with Crippen LogP contribution in [0.1, 0.15) is 31.7 Å². The van der Waals surface area contributed by atoms with Gasteiger partial charge in [-0.25, -0.2) is 4.79 Å². The van der Waals surface area contributed by atoms with Crippen molar-refractivity contribution in [2.45, 2.75) is 38.4 Å². The first-order valence-electron chi connectivity index (χ1n) is 9.08. The van der Waals surface area contributed by atoms with E-state index in [4.69, 9.17) is 4.74 Å². The highest BCUT2D eigenvalue weighted by Crippen LogP contribution is 2.26. The monoisotopic (exact) mass is 354 g/mol. The fourth-order valence-corrected chi connectivity index (χ4v) is 3.09. The minimum atomic E-state index is -0.689. The Morgan fingerprint density at radius 3 is 2.65 bits per heavy atom. The van der Waals surface area contributed by atoms with Crippen LogP contribution in [0.15, 0.2) is 54.6 Å². The average molecular weight is 354 g/mol. The second-order valence-corrected chi connectivity index (χ2v) is 7.04. The van der Waals surface area contributed by atoms with E-state index in [1.165, 1.54) is 0 Å². The molecule has 0 unspecified atom stereocenters. The highest BCUT2D eigenvalue weighted by molar-refractivity contribution is 5.91. The number of carbonyl (C=O) groups excluding carboxylic acids is 1. The summed E-state index contributed by atoms with van der Waals surface area (Å²) < 4.78 is 5.90. The summed E-state index contributed by atoms with van der Waals surface area (Å²) in [5.41, 5.74) is 1.04. The van der Waals surface area contributed by atoms with Crippen molar-refractivity contribution in [2.24, 2.45) is 0 Å². The topological polar surface area (TPSA) is 61.8 Å². The first kappa shape index (κ1) is 18.3. The van der Waals surface area contributed by atoms with Crippen LogP contribution < -0.4 is 10.1 Å². The predicted molar refractivity (Wildman–Crippen MR) is 102 cm³/mol. The number of anilines is 1. The van der Waals surface area contributed by atoms with Crippen molar-refractivity contribution in [2.75, 3.05) is 18.4 Å². The van der Waals surface area contributed by atoms with Gasteiger partial charge in [-0.3, -0.25) is 0 Å². The van der Waals surface area contributed by atoms with E-state index in [-0.39, 0.29) is 6.03 Å². The first-order valence-corrected chi connectivity index (χ1v) is 9.08. The van der Waals surface area contributed by atoms with Crippen molar-refractivity contribution in [1.82, 2.24) is 4.90 Å². The summed E-state index contributed by atoms with van der Waals surface area (Å²) in [7, 11) is 0. The van der Waals surface area contributed by atoms with Crippen molar-refractivity contribution in [1.29, 1.82) is 0 Å². The SMILES string of the molecule is C[C@]1(O)CCCN(C(=O)Nc2ccccc2OCc2ccccc2)CC1. The van der Waals surface area contributed by atoms with E-state index < -0.39 is 5.60 Å². The molecule has 2 amide bonds. The number of carbonyl (C=O) groups is 1. The van der Waals surface area contributed by atoms with Crippen LogP contribution in [-0.2, 0) is 6.61 Å². The molecule has 0 saturated carbocycles. The number of ether oxygens (including phenoxy) is 1. The van der Waals surface area contributed by atoms with Gasteiger partial charge in [0.1, 0.15) is 12.4 Å². The molecule has 5 heteroatoms. The van der Waals surface area contributed by atoms with Crippen LogP contribution in [-0.4, -0.2) is 34.7 Å². The van der Waals surface area contributed by atoms with E-state index in [1.54, 1.807) is 4.90 Å². The summed E-state index contributed by atoms with van der Waals surface area (Å²) in [4.78, 5) is 14.4. The molecule has 2 N–H and O–H groups in total. The van der Waals surface area contributed by atoms with E-state index in [9.17, 15) is 9.90 Å². The van der Waals surface area contributed by atoms with Gasteiger partial charge in [0.05, 0.1) is 11.3 Å². The minimum absolute atomic E-state index is 0.154. The quantitative estimate of drug-likeness (QED) is 0.871. The number of likely N-dealkylation sites (tertiary alicyclic amines) is 1. The Morgan fingerprint density at radius 1 is 1.12 bits per heavy atom. The molecule has 0 aliphatic carbocycles. The number of aliphatic hydroxyl groups is 1. The van der Waals surface area contributed by atoms with E-state index in [1.807, 2.05) is 61.5 Å². The molecule has 1 fully saturated rings. The van der Waals surface area contributed by atoms with E-state index in [0.717, 1.165) is 12.0 Å². The van der Waals surface area contributed by atoms with Gasteiger partial charge in [0, 0.05) is 13.1 Å². The Morgan fingerprint density at radius 2 is 1.85 bits per heavy atom. The standard InChI is InChI=1S/C21H26N2O3/c1-21(25)12-7-14-23(15-13-21)20(24)22-18-10-5-6-11-19(18)26-16-17-8-3-2-4-9-17/h2-6,8-11,25H,7,12-16H2,1H3,(H,22,24)/t21-/m0/s1. The fourth-order valence-electron chi connectivity index (χ4n) is 3.09. The van der Waals surface area contributed by atoms with Gasteiger partial charge in [-0.2, -0.15) is 0 Å². The molecule has 3 rings (SSSR count). The lowest BCUT2D eigenvalue weighted by Crippen LogP contribution is -2.36. The minimum Gasteiger partial charge on any atom is -0.487 e. The molecule has 1 saturated heterocycles. The average Bonchev–Trinajstić information content (AvgIpc) is 2.82. The maximum atomic E-state index is 12.6. The van der Waals surface area contributed by atoms with E-state index >= 15 is 0 Å². The zero-order valence-corrected chi connectivity index (χ0v) is 15.1. The van der Waals surface area contributed by atoms with Crippen LogP contribution in [0.5, 0.6) is 5.75 Å². The van der Waals surface area contributed by atoms with Crippen LogP contribution in [0.2, 0.25) is 0 Å². The molecule has 0 spiro atoms. The van der Waals surface area contributed by atoms with Gasteiger partial charge in [0.2, 0.25) is 0 Å². The molecule has 138 valence electrons. The number of rotatable bonds is 4. The lowest BCUT2D eigenvalue weighted by Gasteiger charge is -2.23. The summed E-state index contributed by atoms with van der Waals surface area (Å²) in [6.07, 6.45) is 2.10. The summed E-state index contributed by atoms with van der Waals surface area (Å²) in [6, 6.07) is 17.2. The summed E-state index contributed by atoms with van der Waals surface area (Å²) >= 11 is 0. The number of para-hydroxylation sites is 2. The molecule has 2 aromatic rings. The van der Waals surface area contributed by atoms with Gasteiger partial charge in [0.15, 0.2) is 0 Å². The third kappa shape index (κ3) is 4.99. The van der Waals surface area contributed by atoms with Gasteiger partial charge < -0.3 is 20.1 Å². The molecule has 0 bridgehead atoms. The number of urea groups is 1. The fraction of sp³-hybridized carbons (Fsp3) is 0.381. The highest BCUT2D eigenvalue weighted by Gasteiger charge is 2.27. The Hall–Kier alpha value is -2.53. The molecule has 26 heavy (non-hydrogen) atoms. The van der Waals surface area contributed by atoms with Gasteiger partial charge in [-0.05, 0) is 43.9 Å². The van der Waals surface area contributed by atoms with Crippen LogP contribution in [0, 0.1) is 0 Å². The molecule has 5 nitrogen and oxygen atoms in total. The normalized spacial score (nSPS) is 20.3. The van der Waals surface area contributed by atoms with Gasteiger partial charge in [-0.1, -0.05) is 42.5 Å². The summed E-state index contributed by atoms with van der Waals surface area (Å²) in [5, 5.41) is 13.1. The van der Waals surface area contributed by atoms with Gasteiger partial charge >= 0.3 is 6.03 Å². The zero-order chi connectivity index (χ0) is 18.4. The summed E-state index contributed by atoms with van der Waals surface area (Å²) in [5.74, 6) is 0.645. The van der Waals surface area contributed by atoms with Crippen molar-refractivity contribution < 1.29 is 14.6 Å². The Kier molecular flexibility index (Phi) is 5.78. The van der Waals surface area contributed by atoms with Crippen molar-refractivity contribution >= 4 is 11.7 Å². The lowest BCUT2D eigenvalue weighted by atomic mass is 9.98. The molecule has 2 aromatic carbocycles. The summed E-state index contributed by atoms with van der Waals surface area (Å²) in [6.45, 7) is 3.47. The predicted octanol–water partition coefficient (Wildman–Crippen LogP) is 4.03. The second kappa shape index (κ2) is 8.23. The number of hydrogen-bond acceptors (Lipinski definition) is 3. The smallest absolute Gasteiger partial charge is 0.321 e. The molecule has 1 heterocycles. The molecular weight excluding hydrogens is 328 g/mol. The first-order chi connectivity index (χ1) is 12.5. The van der Waals surface area contributed by atoms with Crippen LogP contribution in [0.3, 0.4) is 0 Å². The molecule has 0 radical (unpaired) electrons. The Labute approximate surface area is 154 Å². The Bertz CT molecular complexity index is 731. The van der Waals surface area contributed by atoms with Crippen molar-refractivity contribution in [3.63, 3.8) is 0 Å². The van der Waals surface area contributed by atoms with Gasteiger partial charge in [0.25, 0.3) is 0 Å². The number of nitrogens with zero attached hydrogens (tertiary/aromatic N) is 1. The van der Waals surface area contributed by atoms with Gasteiger partial charge in [-0.15, -0.1) is 0 Å². The number of amides is 2. The molecule has 1 aliphatic rings. The third-order valence-electron chi connectivity index (χ3n) is 4.72. The molecule has 1 aliphatic heterocycles. The highest BCUT2D eigenvalue weighted by atomic mass is 16.5. The Balaban J connectivity index is 1.63. The number of hydrogen-bond donors (Lipinski definition) is 2. The van der Waals surface area contributed by atoms with Crippen molar-refractivity contribution in [3.8, 4) is 5.75 Å². The third-order valence-corrected chi connectivity index (χ3v) is 4.72. The lowest BCUT2D eigenvalue weighted by molar-refractivity contribution is 0.0458. The molecule has 1 atom stereocenters. The van der Waals surface area contributed by atoms with Crippen LogP contribution in [0.4, 0.5) is 10.5 Å².